The van der Waals surface area contributed by atoms with E-state index in [0.717, 1.165) is 0 Å². The van der Waals surface area contributed by atoms with Crippen LogP contribution in [0.25, 0.3) is 0 Å². The van der Waals surface area contributed by atoms with Gasteiger partial charge in [-0.2, -0.15) is 0 Å². The highest BCUT2D eigenvalue weighted by Crippen LogP contribution is 2.31. The van der Waals surface area contributed by atoms with Crippen molar-refractivity contribution in [2.75, 3.05) is 13.2 Å². The minimum atomic E-state index is -0.755. The van der Waals surface area contributed by atoms with Gasteiger partial charge < -0.3 is 18.9 Å². The topological polar surface area (TPSA) is 74.3 Å². The van der Waals surface area contributed by atoms with Crippen LogP contribution in [-0.4, -0.2) is 65.7 Å². The number of nitrogens with zero attached hydrogens (tertiary/aromatic N) is 1. The van der Waals surface area contributed by atoms with Gasteiger partial charge in [-0.1, -0.05) is 12.1 Å². The van der Waals surface area contributed by atoms with Gasteiger partial charge in [0.1, 0.15) is 12.2 Å². The van der Waals surface area contributed by atoms with Crippen molar-refractivity contribution in [2.24, 2.45) is 0 Å². The van der Waals surface area contributed by atoms with Crippen molar-refractivity contribution in [2.45, 2.75) is 84.2 Å². The third-order valence-corrected chi connectivity index (χ3v) is 5.02. The fourth-order valence-electron chi connectivity index (χ4n) is 3.44. The van der Waals surface area contributed by atoms with Crippen molar-refractivity contribution in [1.29, 1.82) is 0 Å². The van der Waals surface area contributed by atoms with Gasteiger partial charge in [-0.05, 0) is 60.6 Å². The first kappa shape index (κ1) is 22.9. The van der Waals surface area contributed by atoms with Gasteiger partial charge in [0.15, 0.2) is 6.29 Å². The average Bonchev–Trinajstić information content (AvgIpc) is 3.17. The second kappa shape index (κ2) is 8.38. The summed E-state index contributed by atoms with van der Waals surface area (Å²) in [5.74, 6) is -0.653. The van der Waals surface area contributed by atoms with E-state index >= 15 is 0 Å². The number of benzene rings is 1. The Bertz CT molecular complexity index is 733. The van der Waals surface area contributed by atoms with E-state index in [1.54, 1.807) is 31.2 Å². The quantitative estimate of drug-likeness (QED) is 0.658. The van der Waals surface area contributed by atoms with Crippen LogP contribution in [0.2, 0.25) is 0 Å². The van der Waals surface area contributed by atoms with Crippen molar-refractivity contribution >= 4 is 11.8 Å². The molecule has 1 saturated heterocycles. The van der Waals surface area contributed by atoms with Gasteiger partial charge in [0, 0.05) is 0 Å². The van der Waals surface area contributed by atoms with Crippen LogP contribution in [0.3, 0.4) is 0 Å². The summed E-state index contributed by atoms with van der Waals surface area (Å²) in [6.45, 7) is 14.3. The molecule has 2 aliphatic rings. The van der Waals surface area contributed by atoms with Crippen molar-refractivity contribution in [1.82, 2.24) is 4.90 Å². The maximum atomic E-state index is 12.8. The lowest BCUT2D eigenvalue weighted by Crippen LogP contribution is -2.45. The van der Waals surface area contributed by atoms with Crippen LogP contribution in [0.4, 0.5) is 0 Å². The summed E-state index contributed by atoms with van der Waals surface area (Å²) in [5.41, 5.74) is 0.163. The summed E-state index contributed by atoms with van der Waals surface area (Å²) in [4.78, 5) is 26.9. The Hall–Kier alpha value is -1.80. The molecule has 3 atom stereocenters. The largest absolute Gasteiger partial charge is 0.373 e. The van der Waals surface area contributed by atoms with E-state index in [-0.39, 0.29) is 35.2 Å². The normalized spacial score (nSPS) is 23.9. The van der Waals surface area contributed by atoms with E-state index in [1.165, 1.54) is 4.90 Å². The molecule has 2 amide bonds. The molecular weight excluding hydrogens is 386 g/mol. The molecule has 1 aromatic carbocycles. The van der Waals surface area contributed by atoms with Crippen LogP contribution in [-0.2, 0) is 18.9 Å². The monoisotopic (exact) mass is 419 g/mol. The van der Waals surface area contributed by atoms with Gasteiger partial charge in [0.05, 0.1) is 41.6 Å². The van der Waals surface area contributed by atoms with Crippen molar-refractivity contribution < 1.29 is 28.5 Å². The van der Waals surface area contributed by atoms with Crippen LogP contribution in [0.5, 0.6) is 0 Å². The summed E-state index contributed by atoms with van der Waals surface area (Å²) < 4.78 is 24.1. The predicted octanol–water partition coefficient (Wildman–Crippen LogP) is 3.41. The third kappa shape index (κ3) is 5.09. The molecule has 7 nitrogen and oxygen atoms in total. The number of carbonyl (C=O) groups excluding carboxylic acids is 2. The van der Waals surface area contributed by atoms with Gasteiger partial charge in [0.25, 0.3) is 11.8 Å². The Morgan fingerprint density at radius 2 is 1.27 bits per heavy atom. The first-order valence-electron chi connectivity index (χ1n) is 10.4. The maximum Gasteiger partial charge on any atom is 0.261 e. The van der Waals surface area contributed by atoms with E-state index in [9.17, 15) is 9.59 Å². The fraction of sp³-hybridized carbons (Fsp3) is 0.652. The molecule has 1 aromatic rings. The molecule has 2 aliphatic heterocycles. The van der Waals surface area contributed by atoms with Gasteiger partial charge in [0.2, 0.25) is 0 Å². The molecule has 7 heteroatoms. The molecule has 0 saturated carbocycles. The fourth-order valence-corrected chi connectivity index (χ4v) is 3.44. The standard InChI is InChI=1S/C23H33NO6/c1-14(24-19(25)15-10-8-9-11-16(15)20(24)26)21-29-17(12-27-22(2,3)4)18(30-21)13-28-23(5,6)7/h8-11,14,17-18,21H,12-13H2,1-7H3/t14-,17-,18-/m0/s1. The van der Waals surface area contributed by atoms with E-state index in [0.29, 0.717) is 24.3 Å². The number of fused-ring (bicyclic) bond motifs is 1. The zero-order valence-corrected chi connectivity index (χ0v) is 18.9. The Morgan fingerprint density at radius 1 is 0.867 bits per heavy atom. The predicted molar refractivity (Wildman–Crippen MR) is 111 cm³/mol. The van der Waals surface area contributed by atoms with E-state index in [4.69, 9.17) is 18.9 Å². The molecule has 0 aromatic heterocycles. The molecule has 0 spiro atoms. The lowest BCUT2D eigenvalue weighted by molar-refractivity contribution is -0.119. The number of hydrogen-bond donors (Lipinski definition) is 0. The molecule has 0 unspecified atom stereocenters. The molecule has 166 valence electrons. The number of ether oxygens (including phenoxy) is 4. The highest BCUT2D eigenvalue weighted by molar-refractivity contribution is 6.21. The third-order valence-electron chi connectivity index (χ3n) is 5.02. The molecule has 2 heterocycles. The summed E-state index contributed by atoms with van der Waals surface area (Å²) in [5, 5.41) is 0. The Balaban J connectivity index is 1.73. The van der Waals surface area contributed by atoms with Gasteiger partial charge in [-0.15, -0.1) is 0 Å². The van der Waals surface area contributed by atoms with Crippen LogP contribution < -0.4 is 0 Å². The highest BCUT2D eigenvalue weighted by atomic mass is 16.7. The molecule has 0 aliphatic carbocycles. The van der Waals surface area contributed by atoms with Crippen LogP contribution >= 0.6 is 0 Å². The number of amides is 2. The minimum absolute atomic E-state index is 0.326. The van der Waals surface area contributed by atoms with Crippen LogP contribution in [0, 0.1) is 0 Å². The van der Waals surface area contributed by atoms with Crippen LogP contribution in [0.1, 0.15) is 69.2 Å². The van der Waals surface area contributed by atoms with Gasteiger partial charge >= 0.3 is 0 Å². The Kier molecular flexibility index (Phi) is 6.39. The molecular formula is C23H33NO6. The molecule has 0 bridgehead atoms. The van der Waals surface area contributed by atoms with E-state index in [1.807, 2.05) is 41.5 Å². The lowest BCUT2D eigenvalue weighted by Gasteiger charge is -2.27. The van der Waals surface area contributed by atoms with Gasteiger partial charge in [-0.25, -0.2) is 0 Å². The molecule has 1 fully saturated rings. The zero-order valence-electron chi connectivity index (χ0n) is 18.9. The van der Waals surface area contributed by atoms with Crippen molar-refractivity contribution in [3.8, 4) is 0 Å². The molecule has 0 radical (unpaired) electrons. The van der Waals surface area contributed by atoms with Gasteiger partial charge in [-0.3, -0.25) is 14.5 Å². The smallest absolute Gasteiger partial charge is 0.261 e. The first-order chi connectivity index (χ1) is 13.9. The van der Waals surface area contributed by atoms with E-state index < -0.39 is 12.3 Å². The summed E-state index contributed by atoms with van der Waals surface area (Å²) in [6, 6.07) is 6.24. The summed E-state index contributed by atoms with van der Waals surface area (Å²) >= 11 is 0. The number of rotatable bonds is 6. The number of imide groups is 1. The molecule has 0 N–H and O–H groups in total. The minimum Gasteiger partial charge on any atom is -0.373 e. The average molecular weight is 420 g/mol. The van der Waals surface area contributed by atoms with Crippen LogP contribution in [0.15, 0.2) is 24.3 Å². The molecule has 3 rings (SSSR count). The summed E-state index contributed by atoms with van der Waals surface area (Å²) in [7, 11) is 0. The Morgan fingerprint density at radius 3 is 1.63 bits per heavy atom. The first-order valence-corrected chi connectivity index (χ1v) is 10.4. The van der Waals surface area contributed by atoms with Crippen molar-refractivity contribution in [3.63, 3.8) is 0 Å². The zero-order chi connectivity index (χ0) is 22.3. The molecule has 30 heavy (non-hydrogen) atoms. The van der Waals surface area contributed by atoms with Crippen molar-refractivity contribution in [3.05, 3.63) is 35.4 Å². The van der Waals surface area contributed by atoms with E-state index in [2.05, 4.69) is 0 Å². The SMILES string of the molecule is C[C@@H](C1O[C@@H](COC(C)(C)C)[C@H](COC(C)(C)C)O1)N1C(=O)c2ccccc2C1=O. The number of carbonyl (C=O) groups is 2. The number of hydrogen-bond acceptors (Lipinski definition) is 6. The summed E-state index contributed by atoms with van der Waals surface area (Å²) in [6.07, 6.45) is -1.49. The second-order valence-electron chi connectivity index (χ2n) is 9.83. The second-order valence-corrected chi connectivity index (χ2v) is 9.83. The lowest BCUT2D eigenvalue weighted by atomic mass is 10.1. The maximum absolute atomic E-state index is 12.8. The Labute approximate surface area is 178 Å². The highest BCUT2D eigenvalue weighted by Gasteiger charge is 2.47.